The summed E-state index contributed by atoms with van der Waals surface area (Å²) in [6, 6.07) is 12.9. The van der Waals surface area contributed by atoms with Crippen molar-refractivity contribution in [3.8, 4) is 17.1 Å². The fourth-order valence-electron chi connectivity index (χ4n) is 4.35. The minimum atomic E-state index is -1.14. The van der Waals surface area contributed by atoms with E-state index >= 15 is 0 Å². The second kappa shape index (κ2) is 12.6. The number of ether oxygens (including phenoxy) is 1. The third-order valence-electron chi connectivity index (χ3n) is 6.43. The molecule has 0 spiro atoms. The first-order valence-corrected chi connectivity index (χ1v) is 13.1. The largest absolute Gasteiger partial charge is 0.484 e. The van der Waals surface area contributed by atoms with Crippen LogP contribution in [0.4, 0.5) is 0 Å². The molecule has 0 unspecified atom stereocenters. The van der Waals surface area contributed by atoms with Crippen LogP contribution in [0.1, 0.15) is 53.9 Å². The van der Waals surface area contributed by atoms with Gasteiger partial charge in [-0.25, -0.2) is 10.2 Å². The van der Waals surface area contributed by atoms with E-state index in [0.29, 0.717) is 22.8 Å². The molecule has 3 aromatic rings. The van der Waals surface area contributed by atoms with Gasteiger partial charge >= 0.3 is 5.97 Å². The molecule has 1 aliphatic rings. The number of carbonyl (C=O) groups is 3. The quantitative estimate of drug-likeness (QED) is 0.244. The van der Waals surface area contributed by atoms with Gasteiger partial charge < -0.3 is 19.6 Å². The lowest BCUT2D eigenvalue weighted by Crippen LogP contribution is -2.49. The molecule has 0 radical (unpaired) electrons. The lowest BCUT2D eigenvalue weighted by molar-refractivity contribution is -0.131. The van der Waals surface area contributed by atoms with Gasteiger partial charge in [-0.05, 0) is 85.2 Å². The number of hydrazone groups is 1. The molecule has 10 heteroatoms. The van der Waals surface area contributed by atoms with Crippen LogP contribution in [0.2, 0.25) is 5.02 Å². The van der Waals surface area contributed by atoms with Crippen molar-refractivity contribution in [1.82, 2.24) is 10.7 Å². The summed E-state index contributed by atoms with van der Waals surface area (Å²) in [5.74, 6) is -0.861. The number of hydrogen-bond acceptors (Lipinski definition) is 6. The summed E-state index contributed by atoms with van der Waals surface area (Å²) in [6.07, 6.45) is 5.75. The Bertz CT molecular complexity index is 1400. The lowest BCUT2D eigenvalue weighted by Gasteiger charge is -2.21. The highest BCUT2D eigenvalue weighted by Gasteiger charge is 2.24. The molecule has 39 heavy (non-hydrogen) atoms. The number of amides is 2. The fraction of sp³-hybridized carbons (Fsp3) is 0.310. The molecule has 2 amide bonds. The van der Waals surface area contributed by atoms with E-state index < -0.39 is 23.8 Å². The average Bonchev–Trinajstić information content (AvgIpc) is 3.39. The summed E-state index contributed by atoms with van der Waals surface area (Å²) in [4.78, 5) is 36.6. The van der Waals surface area contributed by atoms with Crippen molar-refractivity contribution in [2.75, 3.05) is 6.61 Å². The molecule has 0 bridgehead atoms. The summed E-state index contributed by atoms with van der Waals surface area (Å²) in [5, 5.41) is 16.0. The topological polar surface area (TPSA) is 130 Å². The van der Waals surface area contributed by atoms with Gasteiger partial charge in [0.1, 0.15) is 23.3 Å². The number of hydrogen-bond donors (Lipinski definition) is 3. The van der Waals surface area contributed by atoms with Crippen molar-refractivity contribution in [1.29, 1.82) is 0 Å². The smallest absolute Gasteiger partial charge is 0.337 e. The number of carbonyl (C=O) groups excluding carboxylic acids is 2. The molecule has 3 N–H and O–H groups in total. The molecule has 0 fully saturated rings. The Labute approximate surface area is 231 Å². The van der Waals surface area contributed by atoms with Gasteiger partial charge in [0, 0.05) is 5.56 Å². The van der Waals surface area contributed by atoms with Gasteiger partial charge in [0.05, 0.1) is 16.8 Å². The Kier molecular flexibility index (Phi) is 9.03. The Morgan fingerprint density at radius 1 is 1.08 bits per heavy atom. The van der Waals surface area contributed by atoms with Gasteiger partial charge in [0.25, 0.3) is 11.8 Å². The number of carboxylic acids is 1. The molecule has 1 aliphatic carbocycles. The summed E-state index contributed by atoms with van der Waals surface area (Å²) in [7, 11) is 0. The number of benzene rings is 2. The number of fused-ring (bicyclic) bond motifs is 1. The maximum absolute atomic E-state index is 12.7. The zero-order chi connectivity index (χ0) is 27.9. The Hall–Kier alpha value is -4.11. The Morgan fingerprint density at radius 2 is 1.85 bits per heavy atom. The van der Waals surface area contributed by atoms with E-state index in [-0.39, 0.29) is 23.1 Å². The monoisotopic (exact) mass is 551 g/mol. The first-order chi connectivity index (χ1) is 18.7. The van der Waals surface area contributed by atoms with Crippen LogP contribution in [0.3, 0.4) is 0 Å². The zero-order valence-electron chi connectivity index (χ0n) is 21.7. The predicted octanol–water partition coefficient (Wildman–Crippen LogP) is 4.85. The van der Waals surface area contributed by atoms with Crippen molar-refractivity contribution in [2.45, 2.75) is 45.6 Å². The fourth-order valence-corrected chi connectivity index (χ4v) is 4.55. The van der Waals surface area contributed by atoms with Crippen LogP contribution in [0.15, 0.2) is 58.0 Å². The van der Waals surface area contributed by atoms with Crippen LogP contribution < -0.4 is 15.5 Å². The molecule has 4 rings (SSSR count). The van der Waals surface area contributed by atoms with Crippen molar-refractivity contribution >= 4 is 35.6 Å². The highest BCUT2D eigenvalue weighted by Crippen LogP contribution is 2.27. The molecule has 9 nitrogen and oxygen atoms in total. The standard InChI is InChI=1S/C29H30ClN3O6/c1-17(2)27(32-26(34)16-38-21-9-7-18-5-3-4-6-19(18)13-21)28(35)33-31-15-22-10-12-25(39-22)20-8-11-24(30)23(14-20)29(36)37/h7-15,17,27H,3-6,16H2,1-2H3,(H,32,34)(H,33,35)(H,36,37)/b31-15-/t27-/m1/s1. The molecule has 0 aliphatic heterocycles. The van der Waals surface area contributed by atoms with E-state index in [1.54, 1.807) is 18.2 Å². The average molecular weight is 552 g/mol. The van der Waals surface area contributed by atoms with Gasteiger partial charge in [0.15, 0.2) is 6.61 Å². The minimum absolute atomic E-state index is 0.0390. The van der Waals surface area contributed by atoms with Gasteiger partial charge in [0.2, 0.25) is 0 Å². The second-order valence-electron chi connectivity index (χ2n) is 9.65. The lowest BCUT2D eigenvalue weighted by atomic mass is 9.92. The number of halogens is 1. The molecule has 1 aromatic heterocycles. The number of furan rings is 1. The van der Waals surface area contributed by atoms with Gasteiger partial charge in [-0.15, -0.1) is 0 Å². The predicted molar refractivity (Wildman–Crippen MR) is 147 cm³/mol. The van der Waals surface area contributed by atoms with E-state index in [1.165, 1.54) is 35.9 Å². The highest BCUT2D eigenvalue weighted by molar-refractivity contribution is 6.33. The van der Waals surface area contributed by atoms with Crippen LogP contribution >= 0.6 is 11.6 Å². The second-order valence-corrected chi connectivity index (χ2v) is 10.1. The summed E-state index contributed by atoms with van der Waals surface area (Å²) >= 11 is 5.92. The minimum Gasteiger partial charge on any atom is -0.484 e. The molecule has 2 aromatic carbocycles. The molecular formula is C29H30ClN3O6. The highest BCUT2D eigenvalue weighted by atomic mass is 35.5. The summed E-state index contributed by atoms with van der Waals surface area (Å²) < 4.78 is 11.4. The maximum atomic E-state index is 12.7. The molecule has 0 saturated heterocycles. The normalized spacial score (nSPS) is 13.6. The van der Waals surface area contributed by atoms with Gasteiger partial charge in [-0.3, -0.25) is 9.59 Å². The van der Waals surface area contributed by atoms with E-state index in [9.17, 15) is 19.5 Å². The third-order valence-corrected chi connectivity index (χ3v) is 6.76. The SMILES string of the molecule is CC(C)[C@@H](NC(=O)COc1ccc2c(c1)CCCC2)C(=O)N/N=C\c1ccc(-c2ccc(Cl)c(C(=O)O)c2)o1. The van der Waals surface area contributed by atoms with Crippen molar-refractivity contribution in [3.63, 3.8) is 0 Å². The first-order valence-electron chi connectivity index (χ1n) is 12.7. The molecular weight excluding hydrogens is 522 g/mol. The Morgan fingerprint density at radius 3 is 2.59 bits per heavy atom. The number of rotatable bonds is 10. The summed E-state index contributed by atoms with van der Waals surface area (Å²) in [5.41, 5.74) is 5.51. The van der Waals surface area contributed by atoms with Gasteiger partial charge in [-0.1, -0.05) is 31.5 Å². The molecule has 1 atom stereocenters. The number of aromatic carboxylic acids is 1. The number of carboxylic acid groups (broad SMARTS) is 1. The van der Waals surface area contributed by atoms with E-state index in [4.69, 9.17) is 20.8 Å². The number of nitrogens with zero attached hydrogens (tertiary/aromatic N) is 1. The zero-order valence-corrected chi connectivity index (χ0v) is 22.5. The molecule has 0 saturated carbocycles. The van der Waals surface area contributed by atoms with Crippen LogP contribution in [0.25, 0.3) is 11.3 Å². The van der Waals surface area contributed by atoms with Crippen LogP contribution in [0.5, 0.6) is 5.75 Å². The van der Waals surface area contributed by atoms with Gasteiger partial charge in [-0.2, -0.15) is 5.10 Å². The van der Waals surface area contributed by atoms with Crippen LogP contribution in [-0.2, 0) is 22.4 Å². The third kappa shape index (κ3) is 7.26. The maximum Gasteiger partial charge on any atom is 0.337 e. The van der Waals surface area contributed by atoms with Crippen molar-refractivity contribution in [3.05, 3.63) is 76.0 Å². The summed E-state index contributed by atoms with van der Waals surface area (Å²) in [6.45, 7) is 3.42. The van der Waals surface area contributed by atoms with Crippen molar-refractivity contribution < 1.29 is 28.6 Å². The van der Waals surface area contributed by atoms with Crippen LogP contribution in [-0.4, -0.2) is 41.8 Å². The van der Waals surface area contributed by atoms with Crippen LogP contribution in [0, 0.1) is 5.92 Å². The first kappa shape index (κ1) is 27.9. The van der Waals surface area contributed by atoms with E-state index in [0.717, 1.165) is 19.3 Å². The van der Waals surface area contributed by atoms with Crippen molar-refractivity contribution in [2.24, 2.45) is 11.0 Å². The number of aryl methyl sites for hydroxylation is 2. The Balaban J connectivity index is 1.31. The molecule has 1 heterocycles. The van der Waals surface area contributed by atoms with E-state index in [1.807, 2.05) is 26.0 Å². The van der Waals surface area contributed by atoms with E-state index in [2.05, 4.69) is 21.9 Å². The molecule has 204 valence electrons. The number of nitrogens with one attached hydrogen (secondary N) is 2.